The van der Waals surface area contributed by atoms with E-state index in [0.717, 1.165) is 24.3 Å². The first-order chi connectivity index (χ1) is 14.4. The lowest BCUT2D eigenvalue weighted by molar-refractivity contribution is 0.320. The van der Waals surface area contributed by atoms with Gasteiger partial charge in [0.05, 0.1) is 6.33 Å². The Morgan fingerprint density at radius 2 is 2.07 bits per heavy atom. The lowest BCUT2D eigenvalue weighted by atomic mass is 9.97. The van der Waals surface area contributed by atoms with Gasteiger partial charge in [-0.1, -0.05) is 36.4 Å². The lowest BCUT2D eigenvalue weighted by Crippen LogP contribution is -2.28. The second-order valence-electron chi connectivity index (χ2n) is 7.56. The molecule has 2 heterocycles. The molecule has 1 aliphatic rings. The van der Waals surface area contributed by atoms with Crippen molar-refractivity contribution in [3.05, 3.63) is 77.2 Å². The third-order valence-electron chi connectivity index (χ3n) is 5.24. The average Bonchev–Trinajstić information content (AvgIpc) is 3.33. The zero-order chi connectivity index (χ0) is 21.1. The molecule has 1 atom stereocenters. The summed E-state index contributed by atoms with van der Waals surface area (Å²) in [5.74, 6) is 0.785. The zero-order valence-electron chi connectivity index (χ0n) is 17.1. The standard InChI is InChI=1S/C22H26N4O3S/c1-16-10-18-13-23-20(11-17-6-4-3-5-7-17)19(18)12-21(16)29-9-8-25-30(27,28)22-14-26(2)15-24-22/h3-7,10,12,14-15,20,23,25H,8-9,11,13H2,1-2H3. The average molecular weight is 427 g/mol. The van der Waals surface area contributed by atoms with Crippen LogP contribution in [0.15, 0.2) is 60.0 Å². The van der Waals surface area contributed by atoms with Crippen molar-refractivity contribution in [3.63, 3.8) is 0 Å². The minimum absolute atomic E-state index is 0.00791. The summed E-state index contributed by atoms with van der Waals surface area (Å²) in [4.78, 5) is 3.89. The summed E-state index contributed by atoms with van der Waals surface area (Å²) >= 11 is 0. The number of benzene rings is 2. The number of nitrogens with zero attached hydrogens (tertiary/aromatic N) is 2. The van der Waals surface area contributed by atoms with Crippen LogP contribution in [0.4, 0.5) is 0 Å². The number of sulfonamides is 1. The van der Waals surface area contributed by atoms with Crippen LogP contribution in [0.5, 0.6) is 5.75 Å². The minimum Gasteiger partial charge on any atom is -0.492 e. The van der Waals surface area contributed by atoms with Crippen molar-refractivity contribution in [1.29, 1.82) is 0 Å². The number of ether oxygens (including phenoxy) is 1. The van der Waals surface area contributed by atoms with Gasteiger partial charge in [0.1, 0.15) is 12.4 Å². The first-order valence-corrected chi connectivity index (χ1v) is 11.4. The Labute approximate surface area is 177 Å². The molecule has 1 aromatic heterocycles. The van der Waals surface area contributed by atoms with Crippen LogP contribution in [-0.4, -0.2) is 31.1 Å². The molecule has 7 nitrogen and oxygen atoms in total. The van der Waals surface area contributed by atoms with Gasteiger partial charge in [0.25, 0.3) is 10.0 Å². The van der Waals surface area contributed by atoms with Crippen LogP contribution in [0.2, 0.25) is 0 Å². The van der Waals surface area contributed by atoms with Crippen LogP contribution < -0.4 is 14.8 Å². The Morgan fingerprint density at radius 3 is 2.80 bits per heavy atom. The van der Waals surface area contributed by atoms with Crippen LogP contribution in [-0.2, 0) is 30.0 Å². The quantitative estimate of drug-likeness (QED) is 0.541. The number of aryl methyl sites for hydroxylation is 2. The number of fused-ring (bicyclic) bond motifs is 1. The number of rotatable bonds is 8. The molecule has 0 saturated heterocycles. The fourth-order valence-electron chi connectivity index (χ4n) is 3.71. The smallest absolute Gasteiger partial charge is 0.259 e. The molecule has 0 spiro atoms. The van der Waals surface area contributed by atoms with Gasteiger partial charge in [-0.05, 0) is 41.7 Å². The van der Waals surface area contributed by atoms with Crippen molar-refractivity contribution in [2.75, 3.05) is 13.2 Å². The summed E-state index contributed by atoms with van der Waals surface area (Å²) in [5, 5.41) is 3.58. The topological polar surface area (TPSA) is 85.2 Å². The highest BCUT2D eigenvalue weighted by Gasteiger charge is 2.24. The van der Waals surface area contributed by atoms with Crippen molar-refractivity contribution in [2.45, 2.75) is 31.0 Å². The van der Waals surface area contributed by atoms with Crippen molar-refractivity contribution in [2.24, 2.45) is 7.05 Å². The fraction of sp³-hybridized carbons (Fsp3) is 0.318. The fourth-order valence-corrected chi connectivity index (χ4v) is 4.70. The third-order valence-corrected chi connectivity index (χ3v) is 6.59. The molecule has 158 valence electrons. The maximum Gasteiger partial charge on any atom is 0.259 e. The van der Waals surface area contributed by atoms with Gasteiger partial charge < -0.3 is 14.6 Å². The first kappa shape index (κ1) is 20.6. The van der Waals surface area contributed by atoms with Gasteiger partial charge in [0.15, 0.2) is 5.03 Å². The molecule has 0 aliphatic carbocycles. The Balaban J connectivity index is 1.39. The molecule has 0 radical (unpaired) electrons. The second-order valence-corrected chi connectivity index (χ2v) is 9.28. The van der Waals surface area contributed by atoms with E-state index in [1.54, 1.807) is 11.6 Å². The van der Waals surface area contributed by atoms with Gasteiger partial charge in [-0.2, -0.15) is 0 Å². The van der Waals surface area contributed by atoms with Gasteiger partial charge in [0.2, 0.25) is 0 Å². The highest BCUT2D eigenvalue weighted by Crippen LogP contribution is 2.33. The zero-order valence-corrected chi connectivity index (χ0v) is 17.9. The summed E-state index contributed by atoms with van der Waals surface area (Å²) < 4.78 is 34.5. The van der Waals surface area contributed by atoms with E-state index in [-0.39, 0.29) is 24.2 Å². The van der Waals surface area contributed by atoms with E-state index in [9.17, 15) is 8.42 Å². The molecule has 2 aromatic carbocycles. The maximum atomic E-state index is 12.2. The number of imidazole rings is 1. The van der Waals surface area contributed by atoms with E-state index < -0.39 is 10.0 Å². The van der Waals surface area contributed by atoms with Crippen molar-refractivity contribution in [3.8, 4) is 5.75 Å². The van der Waals surface area contributed by atoms with E-state index in [4.69, 9.17) is 4.74 Å². The molecule has 1 aliphatic heterocycles. The summed E-state index contributed by atoms with van der Waals surface area (Å²) in [6.07, 6.45) is 3.84. The SMILES string of the molecule is Cc1cc2c(cc1OCCNS(=O)(=O)c1cn(C)cn1)C(Cc1ccccc1)NC2. The summed E-state index contributed by atoms with van der Waals surface area (Å²) in [7, 11) is -1.90. The largest absolute Gasteiger partial charge is 0.492 e. The summed E-state index contributed by atoms with van der Waals surface area (Å²) in [5.41, 5.74) is 4.86. The van der Waals surface area contributed by atoms with Gasteiger partial charge in [-0.25, -0.2) is 18.1 Å². The minimum atomic E-state index is -3.63. The molecular formula is C22H26N4O3S. The molecule has 4 rings (SSSR count). The summed E-state index contributed by atoms with van der Waals surface area (Å²) in [6, 6.07) is 14.9. The number of nitrogens with one attached hydrogen (secondary N) is 2. The van der Waals surface area contributed by atoms with Crippen LogP contribution in [0.25, 0.3) is 0 Å². The van der Waals surface area contributed by atoms with Crippen LogP contribution >= 0.6 is 0 Å². The molecule has 2 N–H and O–H groups in total. The van der Waals surface area contributed by atoms with Crippen molar-refractivity contribution >= 4 is 10.0 Å². The van der Waals surface area contributed by atoms with E-state index >= 15 is 0 Å². The molecule has 8 heteroatoms. The summed E-state index contributed by atoms with van der Waals surface area (Å²) in [6.45, 7) is 3.26. The molecule has 0 amide bonds. The molecule has 0 fully saturated rings. The maximum absolute atomic E-state index is 12.2. The highest BCUT2D eigenvalue weighted by atomic mass is 32.2. The van der Waals surface area contributed by atoms with Crippen molar-refractivity contribution < 1.29 is 13.2 Å². The second kappa shape index (κ2) is 8.59. The molecule has 30 heavy (non-hydrogen) atoms. The van der Waals surface area contributed by atoms with E-state index in [1.807, 2.05) is 13.0 Å². The Kier molecular flexibility index (Phi) is 5.90. The predicted molar refractivity (Wildman–Crippen MR) is 115 cm³/mol. The van der Waals surface area contributed by atoms with E-state index in [1.165, 1.54) is 29.2 Å². The predicted octanol–water partition coefficient (Wildman–Crippen LogP) is 2.47. The van der Waals surface area contributed by atoms with Gasteiger partial charge in [-0.15, -0.1) is 0 Å². The Hall–Kier alpha value is -2.68. The van der Waals surface area contributed by atoms with Crippen molar-refractivity contribution in [1.82, 2.24) is 19.6 Å². The first-order valence-electron chi connectivity index (χ1n) is 9.93. The normalized spacial score (nSPS) is 15.9. The lowest BCUT2D eigenvalue weighted by Gasteiger charge is -2.15. The van der Waals surface area contributed by atoms with Crippen LogP contribution in [0.1, 0.15) is 28.3 Å². The molecule has 0 saturated carbocycles. The molecular weight excluding hydrogens is 400 g/mol. The third kappa shape index (κ3) is 4.56. The monoisotopic (exact) mass is 426 g/mol. The van der Waals surface area contributed by atoms with Gasteiger partial charge in [0, 0.05) is 32.4 Å². The van der Waals surface area contributed by atoms with Crippen LogP contribution in [0.3, 0.4) is 0 Å². The van der Waals surface area contributed by atoms with Gasteiger partial charge >= 0.3 is 0 Å². The van der Waals surface area contributed by atoms with Crippen LogP contribution in [0, 0.1) is 6.92 Å². The number of hydrogen-bond donors (Lipinski definition) is 2. The van der Waals surface area contributed by atoms with Gasteiger partial charge in [-0.3, -0.25) is 0 Å². The molecule has 1 unspecified atom stereocenters. The molecule has 0 bridgehead atoms. The van der Waals surface area contributed by atoms with E-state index in [2.05, 4.69) is 51.4 Å². The highest BCUT2D eigenvalue weighted by molar-refractivity contribution is 7.89. The van der Waals surface area contributed by atoms with E-state index in [0.29, 0.717) is 0 Å². The number of aromatic nitrogens is 2. The molecule has 3 aromatic rings. The number of hydrogen-bond acceptors (Lipinski definition) is 5. The Morgan fingerprint density at radius 1 is 1.27 bits per heavy atom. The Bertz CT molecular complexity index is 1130.